The lowest BCUT2D eigenvalue weighted by molar-refractivity contribution is 0.104. The number of benzene rings is 1. The molecule has 2 aliphatic rings. The zero-order valence-corrected chi connectivity index (χ0v) is 14.0. The number of hydrogen-bond donors (Lipinski definition) is 0. The molecule has 1 saturated heterocycles. The Morgan fingerprint density at radius 2 is 1.57 bits per heavy atom. The Labute approximate surface area is 139 Å². The number of piperidine rings is 1. The van der Waals surface area contributed by atoms with Crippen LogP contribution in [0.3, 0.4) is 0 Å². The van der Waals surface area contributed by atoms with E-state index in [4.69, 9.17) is 0 Å². The van der Waals surface area contributed by atoms with Gasteiger partial charge >= 0.3 is 0 Å². The van der Waals surface area contributed by atoms with E-state index in [0.29, 0.717) is 0 Å². The van der Waals surface area contributed by atoms with Crippen molar-refractivity contribution >= 4 is 5.78 Å². The topological polar surface area (TPSA) is 20.3 Å². The molecule has 0 saturated carbocycles. The second kappa shape index (κ2) is 8.14. The van der Waals surface area contributed by atoms with Crippen molar-refractivity contribution in [2.24, 2.45) is 0 Å². The summed E-state index contributed by atoms with van der Waals surface area (Å²) in [5, 5.41) is 0. The Hall–Kier alpha value is -1.83. The van der Waals surface area contributed by atoms with E-state index in [1.54, 1.807) is 6.08 Å². The van der Waals surface area contributed by atoms with Crippen LogP contribution < -0.4 is 0 Å². The van der Waals surface area contributed by atoms with Crippen LogP contribution in [0.5, 0.6) is 0 Å². The maximum absolute atomic E-state index is 12.3. The fraction of sp³-hybridized carbons (Fsp3) is 0.476. The molecule has 0 amide bonds. The summed E-state index contributed by atoms with van der Waals surface area (Å²) in [6, 6.07) is 9.57. The minimum Gasteiger partial charge on any atom is -0.375 e. The normalized spacial score (nSPS) is 19.9. The summed E-state index contributed by atoms with van der Waals surface area (Å²) in [6.07, 6.45) is 14.0. The molecule has 2 heteroatoms. The number of carbonyl (C=O) groups excluding carboxylic acids is 1. The standard InChI is InChI=1S/C21H27NO/c23-21(19-11-5-1-6-12-19)15-14-18-10-4-2-7-13-20(18)22-16-8-3-9-17-22/h1,5-6,11-12,14-15H,2-4,7-10,13,16-17H2/b15-14-. The first-order chi connectivity index (χ1) is 11.3. The van der Waals surface area contributed by atoms with Crippen molar-refractivity contribution in [3.8, 4) is 0 Å². The van der Waals surface area contributed by atoms with Crippen LogP contribution in [-0.4, -0.2) is 23.8 Å². The van der Waals surface area contributed by atoms with Crippen LogP contribution in [0.1, 0.15) is 61.7 Å². The quantitative estimate of drug-likeness (QED) is 0.567. The summed E-state index contributed by atoms with van der Waals surface area (Å²) in [6.45, 7) is 2.39. The van der Waals surface area contributed by atoms with Gasteiger partial charge in [-0.15, -0.1) is 0 Å². The van der Waals surface area contributed by atoms with Gasteiger partial charge in [-0.05, 0) is 56.6 Å². The van der Waals surface area contributed by atoms with Crippen molar-refractivity contribution in [1.82, 2.24) is 4.90 Å². The SMILES string of the molecule is O=C(/C=C\C1=C(N2CCCCC2)CCCCC1)c1ccccc1. The lowest BCUT2D eigenvalue weighted by atomic mass is 10.0. The third-order valence-electron chi connectivity index (χ3n) is 4.96. The Kier molecular flexibility index (Phi) is 5.68. The van der Waals surface area contributed by atoms with E-state index in [-0.39, 0.29) is 5.78 Å². The third-order valence-corrected chi connectivity index (χ3v) is 4.96. The molecular formula is C21H27NO. The molecule has 1 aromatic carbocycles. The molecule has 0 radical (unpaired) electrons. The van der Waals surface area contributed by atoms with E-state index in [1.807, 2.05) is 30.3 Å². The van der Waals surface area contributed by atoms with Gasteiger partial charge in [0.1, 0.15) is 0 Å². The number of rotatable bonds is 4. The smallest absolute Gasteiger partial charge is 0.185 e. The number of nitrogens with zero attached hydrogens (tertiary/aromatic N) is 1. The molecule has 0 N–H and O–H groups in total. The predicted octanol–water partition coefficient (Wildman–Crippen LogP) is 5.13. The van der Waals surface area contributed by atoms with Gasteiger partial charge < -0.3 is 4.90 Å². The highest BCUT2D eigenvalue weighted by Gasteiger charge is 2.18. The molecule has 122 valence electrons. The van der Waals surface area contributed by atoms with E-state index in [9.17, 15) is 4.79 Å². The van der Waals surface area contributed by atoms with E-state index < -0.39 is 0 Å². The molecule has 0 spiro atoms. The molecule has 2 nitrogen and oxygen atoms in total. The highest BCUT2D eigenvalue weighted by molar-refractivity contribution is 6.04. The minimum absolute atomic E-state index is 0.111. The second-order valence-electron chi connectivity index (χ2n) is 6.64. The largest absolute Gasteiger partial charge is 0.375 e. The number of carbonyl (C=O) groups is 1. The molecule has 1 fully saturated rings. The summed E-state index contributed by atoms with van der Waals surface area (Å²) in [5.74, 6) is 0.111. The van der Waals surface area contributed by atoms with Gasteiger partial charge in [0, 0.05) is 24.4 Å². The number of likely N-dealkylation sites (tertiary alicyclic amines) is 1. The highest BCUT2D eigenvalue weighted by atomic mass is 16.1. The van der Waals surface area contributed by atoms with Crippen LogP contribution in [0, 0.1) is 0 Å². The first-order valence-corrected chi connectivity index (χ1v) is 9.09. The average Bonchev–Trinajstić information content (AvgIpc) is 2.86. The molecular weight excluding hydrogens is 282 g/mol. The Morgan fingerprint density at radius 1 is 0.870 bits per heavy atom. The van der Waals surface area contributed by atoms with Crippen LogP contribution in [0.15, 0.2) is 53.8 Å². The lowest BCUT2D eigenvalue weighted by Crippen LogP contribution is -2.29. The molecule has 1 heterocycles. The monoisotopic (exact) mass is 309 g/mol. The second-order valence-corrected chi connectivity index (χ2v) is 6.64. The van der Waals surface area contributed by atoms with Crippen molar-refractivity contribution in [2.45, 2.75) is 51.4 Å². The van der Waals surface area contributed by atoms with Crippen LogP contribution >= 0.6 is 0 Å². The first kappa shape index (κ1) is 16.0. The summed E-state index contributed by atoms with van der Waals surface area (Å²) < 4.78 is 0. The molecule has 0 aromatic heterocycles. The van der Waals surface area contributed by atoms with Crippen molar-refractivity contribution in [3.63, 3.8) is 0 Å². The molecule has 1 aliphatic carbocycles. The maximum Gasteiger partial charge on any atom is 0.185 e. The summed E-state index contributed by atoms with van der Waals surface area (Å²) in [7, 11) is 0. The molecule has 3 rings (SSSR count). The summed E-state index contributed by atoms with van der Waals surface area (Å²) in [5.41, 5.74) is 3.69. The molecule has 0 atom stereocenters. The lowest BCUT2D eigenvalue weighted by Gasteiger charge is -2.32. The van der Waals surface area contributed by atoms with Gasteiger partial charge in [0.25, 0.3) is 0 Å². The third kappa shape index (κ3) is 4.34. The Bertz CT molecular complexity index is 579. The van der Waals surface area contributed by atoms with Crippen LogP contribution in [0.4, 0.5) is 0 Å². The maximum atomic E-state index is 12.3. The molecule has 0 unspecified atom stereocenters. The zero-order valence-electron chi connectivity index (χ0n) is 14.0. The molecule has 1 aliphatic heterocycles. The minimum atomic E-state index is 0.111. The van der Waals surface area contributed by atoms with E-state index in [2.05, 4.69) is 11.0 Å². The van der Waals surface area contributed by atoms with Crippen LogP contribution in [0.2, 0.25) is 0 Å². The van der Waals surface area contributed by atoms with Gasteiger partial charge in [-0.3, -0.25) is 4.79 Å². The van der Waals surface area contributed by atoms with Crippen molar-refractivity contribution in [1.29, 1.82) is 0 Å². The van der Waals surface area contributed by atoms with Gasteiger partial charge in [-0.2, -0.15) is 0 Å². The fourth-order valence-electron chi connectivity index (χ4n) is 3.67. The highest BCUT2D eigenvalue weighted by Crippen LogP contribution is 2.29. The van der Waals surface area contributed by atoms with E-state index in [1.165, 1.54) is 69.3 Å². The van der Waals surface area contributed by atoms with Crippen molar-refractivity contribution < 1.29 is 4.79 Å². The summed E-state index contributed by atoms with van der Waals surface area (Å²) in [4.78, 5) is 14.9. The van der Waals surface area contributed by atoms with Crippen molar-refractivity contribution in [3.05, 3.63) is 59.3 Å². The number of ketones is 1. The van der Waals surface area contributed by atoms with E-state index in [0.717, 1.165) is 12.0 Å². The molecule has 0 bridgehead atoms. The Morgan fingerprint density at radius 3 is 2.35 bits per heavy atom. The van der Waals surface area contributed by atoms with Gasteiger partial charge in [0.15, 0.2) is 5.78 Å². The van der Waals surface area contributed by atoms with Crippen molar-refractivity contribution in [2.75, 3.05) is 13.1 Å². The van der Waals surface area contributed by atoms with Gasteiger partial charge in [0.05, 0.1) is 0 Å². The van der Waals surface area contributed by atoms with Gasteiger partial charge in [-0.25, -0.2) is 0 Å². The van der Waals surface area contributed by atoms with E-state index >= 15 is 0 Å². The van der Waals surface area contributed by atoms with Gasteiger partial charge in [0.2, 0.25) is 0 Å². The molecule has 23 heavy (non-hydrogen) atoms. The van der Waals surface area contributed by atoms with Crippen LogP contribution in [0.25, 0.3) is 0 Å². The summed E-state index contributed by atoms with van der Waals surface area (Å²) >= 11 is 0. The molecule has 1 aromatic rings. The predicted molar refractivity (Wildman–Crippen MR) is 95.4 cm³/mol. The average molecular weight is 309 g/mol. The van der Waals surface area contributed by atoms with Crippen LogP contribution in [-0.2, 0) is 0 Å². The number of allylic oxidation sites excluding steroid dienone is 4. The first-order valence-electron chi connectivity index (χ1n) is 9.09. The fourth-order valence-corrected chi connectivity index (χ4v) is 3.67. The Balaban J connectivity index is 1.79. The zero-order chi connectivity index (χ0) is 15.9. The van der Waals surface area contributed by atoms with Gasteiger partial charge in [-0.1, -0.05) is 42.8 Å². The number of hydrogen-bond acceptors (Lipinski definition) is 2.